The third kappa shape index (κ3) is 4.74. The predicted molar refractivity (Wildman–Crippen MR) is 123 cm³/mol. The summed E-state index contributed by atoms with van der Waals surface area (Å²) >= 11 is 0. The lowest BCUT2D eigenvalue weighted by atomic mass is 10.0. The minimum Gasteiger partial charge on any atom is -0.355 e. The summed E-state index contributed by atoms with van der Waals surface area (Å²) in [6.07, 6.45) is 3.96. The molecule has 3 aromatic rings. The number of benzene rings is 1. The summed E-state index contributed by atoms with van der Waals surface area (Å²) in [4.78, 5) is 6.73. The summed E-state index contributed by atoms with van der Waals surface area (Å²) < 4.78 is 13.3. The van der Waals surface area contributed by atoms with Crippen LogP contribution in [0.15, 0.2) is 36.5 Å². The Bertz CT molecular complexity index is 1060. The van der Waals surface area contributed by atoms with Gasteiger partial charge in [-0.05, 0) is 87.1 Å². The van der Waals surface area contributed by atoms with Gasteiger partial charge in [-0.25, -0.2) is 4.39 Å². The molecule has 0 unspecified atom stereocenters. The van der Waals surface area contributed by atoms with Gasteiger partial charge in [0, 0.05) is 43.1 Å². The van der Waals surface area contributed by atoms with Crippen molar-refractivity contribution in [3.63, 3.8) is 0 Å². The van der Waals surface area contributed by atoms with Crippen LogP contribution in [-0.2, 0) is 6.54 Å². The molecule has 1 saturated heterocycles. The fourth-order valence-electron chi connectivity index (χ4n) is 4.18. The van der Waals surface area contributed by atoms with E-state index in [2.05, 4.69) is 45.3 Å². The van der Waals surface area contributed by atoms with Gasteiger partial charge in [-0.1, -0.05) is 6.07 Å². The van der Waals surface area contributed by atoms with Crippen LogP contribution in [0.4, 0.5) is 10.2 Å². The predicted octanol–water partition coefficient (Wildman–Crippen LogP) is 4.67. The second-order valence-corrected chi connectivity index (χ2v) is 8.52. The van der Waals surface area contributed by atoms with E-state index in [1.807, 2.05) is 32.2 Å². The molecule has 0 spiro atoms. The summed E-state index contributed by atoms with van der Waals surface area (Å²) in [6, 6.07) is 9.52. The third-order valence-corrected chi connectivity index (χ3v) is 6.36. The Morgan fingerprint density at radius 2 is 1.77 bits per heavy atom. The SMILES string of the molecule is Cc1ccc(-c2nnc(N3CCC(NCc4ccc(F)cc4C)CC3)c(C)c2C)cn1. The molecule has 3 heterocycles. The Morgan fingerprint density at radius 3 is 2.45 bits per heavy atom. The zero-order valence-corrected chi connectivity index (χ0v) is 18.7. The fraction of sp³-hybridized carbons (Fsp3) is 0.400. The maximum absolute atomic E-state index is 13.3. The Hall–Kier alpha value is -2.86. The first-order chi connectivity index (χ1) is 14.9. The van der Waals surface area contributed by atoms with Gasteiger partial charge >= 0.3 is 0 Å². The van der Waals surface area contributed by atoms with E-state index < -0.39 is 0 Å². The molecule has 0 aliphatic carbocycles. The van der Waals surface area contributed by atoms with Crippen LogP contribution in [-0.4, -0.2) is 34.3 Å². The molecule has 1 fully saturated rings. The quantitative estimate of drug-likeness (QED) is 0.651. The summed E-state index contributed by atoms with van der Waals surface area (Å²) in [5, 5.41) is 12.8. The van der Waals surface area contributed by atoms with Crippen LogP contribution in [0.25, 0.3) is 11.3 Å². The molecule has 0 atom stereocenters. The fourth-order valence-corrected chi connectivity index (χ4v) is 4.18. The molecular weight excluding hydrogens is 389 g/mol. The van der Waals surface area contributed by atoms with Crippen molar-refractivity contribution in [3.05, 3.63) is 70.3 Å². The van der Waals surface area contributed by atoms with E-state index in [1.54, 1.807) is 6.07 Å². The molecule has 31 heavy (non-hydrogen) atoms. The second kappa shape index (κ2) is 9.10. The van der Waals surface area contributed by atoms with Gasteiger partial charge in [0.15, 0.2) is 5.82 Å². The minimum atomic E-state index is -0.175. The number of nitrogens with zero attached hydrogens (tertiary/aromatic N) is 4. The van der Waals surface area contributed by atoms with Crippen LogP contribution in [0.3, 0.4) is 0 Å². The van der Waals surface area contributed by atoms with Crippen LogP contribution in [0, 0.1) is 33.5 Å². The molecule has 1 aliphatic heterocycles. The lowest BCUT2D eigenvalue weighted by molar-refractivity contribution is 0.411. The maximum Gasteiger partial charge on any atom is 0.154 e. The van der Waals surface area contributed by atoms with Gasteiger partial charge in [0.2, 0.25) is 0 Å². The third-order valence-electron chi connectivity index (χ3n) is 6.36. The molecule has 6 heteroatoms. The Kier molecular flexibility index (Phi) is 6.28. The molecule has 1 aromatic carbocycles. The smallest absolute Gasteiger partial charge is 0.154 e. The Morgan fingerprint density at radius 1 is 1.00 bits per heavy atom. The van der Waals surface area contributed by atoms with Crippen molar-refractivity contribution in [2.75, 3.05) is 18.0 Å². The van der Waals surface area contributed by atoms with E-state index in [0.717, 1.165) is 71.9 Å². The molecule has 1 aliphatic rings. The molecule has 5 nitrogen and oxygen atoms in total. The van der Waals surface area contributed by atoms with Crippen molar-refractivity contribution in [2.24, 2.45) is 0 Å². The largest absolute Gasteiger partial charge is 0.355 e. The molecule has 0 amide bonds. The van der Waals surface area contributed by atoms with E-state index in [9.17, 15) is 4.39 Å². The molecular formula is C25H30FN5. The number of halogens is 1. The van der Waals surface area contributed by atoms with E-state index in [-0.39, 0.29) is 5.82 Å². The monoisotopic (exact) mass is 419 g/mol. The van der Waals surface area contributed by atoms with E-state index in [1.165, 1.54) is 11.6 Å². The molecule has 2 aromatic heterocycles. The molecule has 0 bridgehead atoms. The van der Waals surface area contributed by atoms with Crippen molar-refractivity contribution >= 4 is 5.82 Å². The number of hydrogen-bond donors (Lipinski definition) is 1. The summed E-state index contributed by atoms with van der Waals surface area (Å²) in [5.41, 5.74) is 7.39. The van der Waals surface area contributed by atoms with Gasteiger partial charge in [-0.15, -0.1) is 10.2 Å². The molecule has 1 N–H and O–H groups in total. The molecule has 0 saturated carbocycles. The van der Waals surface area contributed by atoms with E-state index in [0.29, 0.717) is 6.04 Å². The van der Waals surface area contributed by atoms with Crippen LogP contribution < -0.4 is 10.2 Å². The van der Waals surface area contributed by atoms with Gasteiger partial charge in [0.25, 0.3) is 0 Å². The number of nitrogens with one attached hydrogen (secondary N) is 1. The molecule has 0 radical (unpaired) electrons. The molecule has 162 valence electrons. The first-order valence-electron chi connectivity index (χ1n) is 10.9. The lowest BCUT2D eigenvalue weighted by Crippen LogP contribution is -2.43. The first kappa shape index (κ1) is 21.4. The van der Waals surface area contributed by atoms with Crippen molar-refractivity contribution in [1.82, 2.24) is 20.5 Å². The van der Waals surface area contributed by atoms with Crippen molar-refractivity contribution < 1.29 is 4.39 Å². The summed E-state index contributed by atoms with van der Waals surface area (Å²) in [5.74, 6) is 0.806. The van der Waals surface area contributed by atoms with Crippen LogP contribution in [0.2, 0.25) is 0 Å². The number of aromatic nitrogens is 3. The second-order valence-electron chi connectivity index (χ2n) is 8.52. The highest BCUT2D eigenvalue weighted by Gasteiger charge is 2.23. The summed E-state index contributed by atoms with van der Waals surface area (Å²) in [7, 11) is 0. The Balaban J connectivity index is 1.39. The highest BCUT2D eigenvalue weighted by molar-refractivity contribution is 5.66. The number of aryl methyl sites for hydroxylation is 2. The van der Waals surface area contributed by atoms with Crippen molar-refractivity contribution in [3.8, 4) is 11.3 Å². The number of rotatable bonds is 5. The standard InChI is InChI=1S/C25H30FN5/c1-16-13-22(26)8-7-20(16)14-28-23-9-11-31(12-10-23)25-19(4)18(3)24(29-30-25)21-6-5-17(2)27-15-21/h5-8,13,15,23,28H,9-12,14H2,1-4H3. The van der Waals surface area contributed by atoms with E-state index >= 15 is 0 Å². The normalized spacial score (nSPS) is 14.8. The van der Waals surface area contributed by atoms with Crippen LogP contribution in [0.1, 0.15) is 40.8 Å². The van der Waals surface area contributed by atoms with Gasteiger partial charge in [-0.2, -0.15) is 0 Å². The minimum absolute atomic E-state index is 0.175. The number of piperidine rings is 1. The topological polar surface area (TPSA) is 53.9 Å². The maximum atomic E-state index is 13.3. The Labute approximate surface area is 183 Å². The number of pyridine rings is 1. The van der Waals surface area contributed by atoms with Gasteiger partial charge < -0.3 is 10.2 Å². The lowest BCUT2D eigenvalue weighted by Gasteiger charge is -2.34. The summed E-state index contributed by atoms with van der Waals surface area (Å²) in [6.45, 7) is 10.8. The van der Waals surface area contributed by atoms with Gasteiger partial charge in [0.1, 0.15) is 5.82 Å². The average molecular weight is 420 g/mol. The number of anilines is 1. The molecule has 4 rings (SSSR count). The zero-order valence-electron chi connectivity index (χ0n) is 18.7. The van der Waals surface area contributed by atoms with Crippen LogP contribution in [0.5, 0.6) is 0 Å². The average Bonchev–Trinajstić information content (AvgIpc) is 2.76. The first-order valence-corrected chi connectivity index (χ1v) is 10.9. The van der Waals surface area contributed by atoms with Gasteiger partial charge in [-0.3, -0.25) is 4.98 Å². The van der Waals surface area contributed by atoms with Crippen molar-refractivity contribution in [2.45, 2.75) is 53.1 Å². The highest BCUT2D eigenvalue weighted by Crippen LogP contribution is 2.29. The van der Waals surface area contributed by atoms with E-state index in [4.69, 9.17) is 0 Å². The van der Waals surface area contributed by atoms with Gasteiger partial charge in [0.05, 0.1) is 5.69 Å². The number of hydrogen-bond acceptors (Lipinski definition) is 5. The van der Waals surface area contributed by atoms with Crippen LogP contribution >= 0.6 is 0 Å². The van der Waals surface area contributed by atoms with Crippen molar-refractivity contribution in [1.29, 1.82) is 0 Å². The highest BCUT2D eigenvalue weighted by atomic mass is 19.1. The zero-order chi connectivity index (χ0) is 22.0.